The van der Waals surface area contributed by atoms with Crippen molar-refractivity contribution in [3.8, 4) is 9.75 Å². The molecular weight excluding hydrogens is 228 g/mol. The molecule has 2 heterocycles. The molecule has 2 nitrogen and oxygen atoms in total. The van der Waals surface area contributed by atoms with Crippen molar-refractivity contribution in [2.24, 2.45) is 0 Å². The predicted octanol–water partition coefficient (Wildman–Crippen LogP) is 2.73. The summed E-state index contributed by atoms with van der Waals surface area (Å²) in [7, 11) is 0. The first-order valence-electron chi connectivity index (χ1n) is 4.68. The van der Waals surface area contributed by atoms with Crippen LogP contribution in [0.4, 0.5) is 0 Å². The summed E-state index contributed by atoms with van der Waals surface area (Å²) in [4.78, 5) is 2.19. The Hall–Kier alpha value is -0.680. The van der Waals surface area contributed by atoms with Gasteiger partial charge in [0.25, 0.3) is 0 Å². The minimum atomic E-state index is -1.16. The van der Waals surface area contributed by atoms with Crippen LogP contribution in [0, 0.1) is 0 Å². The number of aliphatic hydroxyl groups excluding tert-OH is 1. The summed E-state index contributed by atoms with van der Waals surface area (Å²) < 4.78 is 0. The van der Waals surface area contributed by atoms with Gasteiger partial charge in [0.2, 0.25) is 0 Å². The van der Waals surface area contributed by atoms with Crippen molar-refractivity contribution in [3.05, 3.63) is 34.0 Å². The summed E-state index contributed by atoms with van der Waals surface area (Å²) in [5, 5.41) is 24.3. The second-order valence-corrected chi connectivity index (χ2v) is 5.75. The van der Waals surface area contributed by atoms with Gasteiger partial charge in [-0.15, -0.1) is 22.7 Å². The highest BCUT2D eigenvalue weighted by Crippen LogP contribution is 2.51. The van der Waals surface area contributed by atoms with Gasteiger partial charge in [0.1, 0.15) is 11.7 Å². The van der Waals surface area contributed by atoms with E-state index in [1.165, 1.54) is 0 Å². The molecule has 2 atom stereocenters. The normalized spacial score (nSPS) is 28.6. The summed E-state index contributed by atoms with van der Waals surface area (Å²) in [6.07, 6.45) is -0.819. The van der Waals surface area contributed by atoms with Crippen molar-refractivity contribution >= 4 is 22.7 Å². The first kappa shape index (κ1) is 9.54. The van der Waals surface area contributed by atoms with Crippen LogP contribution >= 0.6 is 22.7 Å². The van der Waals surface area contributed by atoms with E-state index in [0.29, 0.717) is 0 Å². The van der Waals surface area contributed by atoms with Crippen LogP contribution in [0.5, 0.6) is 0 Å². The van der Waals surface area contributed by atoms with Crippen molar-refractivity contribution in [3.63, 3.8) is 0 Å². The molecule has 0 aliphatic heterocycles. The zero-order valence-corrected chi connectivity index (χ0v) is 9.73. The highest BCUT2D eigenvalue weighted by molar-refractivity contribution is 7.20. The first-order valence-corrected chi connectivity index (χ1v) is 6.44. The number of aliphatic hydroxyl groups is 2. The summed E-state index contributed by atoms with van der Waals surface area (Å²) in [6.45, 7) is 1.67. The van der Waals surface area contributed by atoms with Gasteiger partial charge in [0.15, 0.2) is 0 Å². The highest BCUT2D eigenvalue weighted by atomic mass is 32.1. The maximum atomic E-state index is 10.3. The van der Waals surface area contributed by atoms with Crippen molar-refractivity contribution in [2.75, 3.05) is 0 Å². The maximum Gasteiger partial charge on any atom is 0.118 e. The molecule has 78 valence electrons. The molecule has 0 saturated carbocycles. The third-order valence-corrected chi connectivity index (χ3v) is 4.95. The van der Waals surface area contributed by atoms with E-state index in [1.807, 2.05) is 22.9 Å². The first-order chi connectivity index (χ1) is 7.12. The average molecular weight is 238 g/mol. The van der Waals surface area contributed by atoms with Gasteiger partial charge in [-0.3, -0.25) is 0 Å². The molecule has 0 bridgehead atoms. The number of hydrogen-bond donors (Lipinski definition) is 2. The number of fused-ring (bicyclic) bond motifs is 3. The van der Waals surface area contributed by atoms with Gasteiger partial charge in [-0.1, -0.05) is 0 Å². The third kappa shape index (κ3) is 1.10. The SMILES string of the molecule is C[C@@]1(O)c2ccsc2-c2sccc2[C@H]1O. The Kier molecular flexibility index (Phi) is 1.86. The Balaban J connectivity index is 2.36. The fourth-order valence-electron chi connectivity index (χ4n) is 2.05. The molecular formula is C11H10O2S2. The summed E-state index contributed by atoms with van der Waals surface area (Å²) in [6, 6.07) is 3.79. The third-order valence-electron chi connectivity index (χ3n) is 2.94. The lowest BCUT2D eigenvalue weighted by molar-refractivity contribution is -0.0697. The van der Waals surface area contributed by atoms with Gasteiger partial charge >= 0.3 is 0 Å². The molecule has 0 spiro atoms. The lowest BCUT2D eigenvalue weighted by Crippen LogP contribution is -2.32. The monoisotopic (exact) mass is 238 g/mol. The van der Waals surface area contributed by atoms with Crippen LogP contribution in [0.25, 0.3) is 9.75 Å². The van der Waals surface area contributed by atoms with Gasteiger partial charge in [-0.25, -0.2) is 0 Å². The molecule has 0 saturated heterocycles. The van der Waals surface area contributed by atoms with E-state index in [9.17, 15) is 10.2 Å². The van der Waals surface area contributed by atoms with Crippen LogP contribution in [-0.4, -0.2) is 10.2 Å². The quantitative estimate of drug-likeness (QED) is 0.741. The molecule has 0 unspecified atom stereocenters. The lowest BCUT2D eigenvalue weighted by atomic mass is 9.82. The van der Waals surface area contributed by atoms with Crippen molar-refractivity contribution < 1.29 is 10.2 Å². The van der Waals surface area contributed by atoms with Crippen molar-refractivity contribution in [2.45, 2.75) is 18.6 Å². The Morgan fingerprint density at radius 2 is 1.87 bits per heavy atom. The minimum absolute atomic E-state index is 0.819. The summed E-state index contributed by atoms with van der Waals surface area (Å²) >= 11 is 3.23. The second-order valence-electron chi connectivity index (χ2n) is 3.92. The molecule has 0 aromatic carbocycles. The molecule has 0 amide bonds. The Morgan fingerprint density at radius 1 is 1.20 bits per heavy atom. The summed E-state index contributed by atoms with van der Waals surface area (Å²) in [5.74, 6) is 0. The minimum Gasteiger partial charge on any atom is -0.385 e. The van der Waals surface area contributed by atoms with E-state index in [4.69, 9.17) is 0 Å². The van der Waals surface area contributed by atoms with E-state index in [1.54, 1.807) is 29.6 Å². The standard InChI is InChI=1S/C11H10O2S2/c1-11(13)7-3-5-15-9(7)8-6(10(11)12)2-4-14-8/h2-5,10,12-13H,1H3/t10-,11-/m1/s1. The Bertz CT molecular complexity index is 510. The number of thiophene rings is 2. The zero-order valence-electron chi connectivity index (χ0n) is 8.10. The highest BCUT2D eigenvalue weighted by Gasteiger charge is 2.42. The zero-order chi connectivity index (χ0) is 10.6. The number of hydrogen-bond acceptors (Lipinski definition) is 4. The van der Waals surface area contributed by atoms with Crippen LogP contribution in [0.2, 0.25) is 0 Å². The van der Waals surface area contributed by atoms with Gasteiger partial charge in [0.05, 0.1) is 9.75 Å². The molecule has 2 aromatic rings. The van der Waals surface area contributed by atoms with E-state index in [-0.39, 0.29) is 0 Å². The van der Waals surface area contributed by atoms with Crippen LogP contribution < -0.4 is 0 Å². The Morgan fingerprint density at radius 3 is 2.67 bits per heavy atom. The van der Waals surface area contributed by atoms with E-state index >= 15 is 0 Å². The average Bonchev–Trinajstić information content (AvgIpc) is 2.82. The molecule has 3 rings (SSSR count). The van der Waals surface area contributed by atoms with Crippen LogP contribution in [0.3, 0.4) is 0 Å². The Labute approximate surface area is 95.4 Å². The van der Waals surface area contributed by atoms with E-state index in [0.717, 1.165) is 20.9 Å². The van der Waals surface area contributed by atoms with Crippen LogP contribution in [-0.2, 0) is 5.60 Å². The molecule has 4 heteroatoms. The van der Waals surface area contributed by atoms with Gasteiger partial charge in [-0.05, 0) is 29.8 Å². The summed E-state index contributed by atoms with van der Waals surface area (Å²) in [5.41, 5.74) is 0.526. The molecule has 2 N–H and O–H groups in total. The molecule has 0 radical (unpaired) electrons. The van der Waals surface area contributed by atoms with Gasteiger partial charge < -0.3 is 10.2 Å². The van der Waals surface area contributed by atoms with Crippen molar-refractivity contribution in [1.29, 1.82) is 0 Å². The predicted molar refractivity (Wildman–Crippen MR) is 62.2 cm³/mol. The van der Waals surface area contributed by atoms with E-state index < -0.39 is 11.7 Å². The smallest absolute Gasteiger partial charge is 0.118 e. The molecule has 1 aliphatic rings. The maximum absolute atomic E-state index is 10.3. The molecule has 0 fully saturated rings. The van der Waals surface area contributed by atoms with Crippen molar-refractivity contribution in [1.82, 2.24) is 0 Å². The molecule has 15 heavy (non-hydrogen) atoms. The van der Waals surface area contributed by atoms with Gasteiger partial charge in [-0.2, -0.15) is 0 Å². The topological polar surface area (TPSA) is 40.5 Å². The lowest BCUT2D eigenvalue weighted by Gasteiger charge is -2.33. The fourth-order valence-corrected chi connectivity index (χ4v) is 4.19. The largest absolute Gasteiger partial charge is 0.385 e. The fraction of sp³-hybridized carbons (Fsp3) is 0.273. The molecule has 1 aliphatic carbocycles. The van der Waals surface area contributed by atoms with E-state index in [2.05, 4.69) is 0 Å². The second kappa shape index (κ2) is 2.92. The van der Waals surface area contributed by atoms with Gasteiger partial charge in [0, 0.05) is 11.1 Å². The van der Waals surface area contributed by atoms with Crippen LogP contribution in [0.15, 0.2) is 22.9 Å². The van der Waals surface area contributed by atoms with Crippen LogP contribution in [0.1, 0.15) is 24.2 Å². The molecule has 2 aromatic heterocycles. The number of rotatable bonds is 0.